The Hall–Kier alpha value is -1.73. The molecule has 1 aliphatic heterocycles. The molecule has 0 atom stereocenters. The molecule has 25 heavy (non-hydrogen) atoms. The molecule has 0 radical (unpaired) electrons. The minimum atomic E-state index is 0.584. The second kappa shape index (κ2) is 10.3. The van der Waals surface area contributed by atoms with Crippen molar-refractivity contribution in [2.24, 2.45) is 0 Å². The van der Waals surface area contributed by atoms with E-state index in [0.29, 0.717) is 18.3 Å². The average molecular weight is 368 g/mol. The van der Waals surface area contributed by atoms with Crippen molar-refractivity contribution in [2.75, 3.05) is 56.3 Å². The summed E-state index contributed by atoms with van der Waals surface area (Å²) in [5.74, 6) is 1.60. The minimum Gasteiger partial charge on any atom is -0.492 e. The van der Waals surface area contributed by atoms with Crippen molar-refractivity contribution in [2.45, 2.75) is 27.2 Å². The maximum Gasteiger partial charge on any atom is 0.170 e. The highest BCUT2D eigenvalue weighted by molar-refractivity contribution is 7.80. The van der Waals surface area contributed by atoms with E-state index in [1.54, 1.807) is 0 Å². The molecular formula is C18H29N3O3S. The molecule has 1 heterocycles. The van der Waals surface area contributed by atoms with Crippen LogP contribution >= 0.6 is 12.2 Å². The largest absolute Gasteiger partial charge is 0.492 e. The van der Waals surface area contributed by atoms with Crippen molar-refractivity contribution in [3.8, 4) is 11.5 Å². The fourth-order valence-corrected chi connectivity index (χ4v) is 2.86. The maximum atomic E-state index is 5.89. The van der Waals surface area contributed by atoms with E-state index in [0.717, 1.165) is 62.1 Å². The predicted octanol–water partition coefficient (Wildman–Crippen LogP) is 3.02. The molecule has 1 aromatic carbocycles. The van der Waals surface area contributed by atoms with E-state index in [4.69, 9.17) is 26.4 Å². The Kier molecular flexibility index (Phi) is 8.08. The molecule has 0 bridgehead atoms. The van der Waals surface area contributed by atoms with Gasteiger partial charge in [-0.3, -0.25) is 0 Å². The highest BCUT2D eigenvalue weighted by Crippen LogP contribution is 2.39. The lowest BCUT2D eigenvalue weighted by atomic mass is 10.2. The van der Waals surface area contributed by atoms with Crippen LogP contribution in [0, 0.1) is 0 Å². The fraction of sp³-hybridized carbons (Fsp3) is 0.611. The SMILES string of the molecule is CCCNC(=S)Nc1cc(OCC)c(N2CCOCC2)cc1OCC. The summed E-state index contributed by atoms with van der Waals surface area (Å²) in [5, 5.41) is 7.00. The van der Waals surface area contributed by atoms with Crippen LogP contribution in [0.25, 0.3) is 0 Å². The van der Waals surface area contributed by atoms with Gasteiger partial charge in [-0.25, -0.2) is 0 Å². The number of benzene rings is 1. The van der Waals surface area contributed by atoms with Crippen LogP contribution in [0.2, 0.25) is 0 Å². The van der Waals surface area contributed by atoms with Crippen LogP contribution in [-0.2, 0) is 4.74 Å². The smallest absolute Gasteiger partial charge is 0.170 e. The van der Waals surface area contributed by atoms with Gasteiger partial charge in [0.05, 0.1) is 37.8 Å². The van der Waals surface area contributed by atoms with Crippen LogP contribution in [0.3, 0.4) is 0 Å². The summed E-state index contributed by atoms with van der Waals surface area (Å²) in [4.78, 5) is 2.27. The van der Waals surface area contributed by atoms with Crippen LogP contribution in [0.1, 0.15) is 27.2 Å². The molecule has 0 saturated carbocycles. The molecule has 140 valence electrons. The first kappa shape index (κ1) is 19.6. The molecular weight excluding hydrogens is 338 g/mol. The van der Waals surface area contributed by atoms with Crippen molar-refractivity contribution >= 4 is 28.7 Å². The lowest BCUT2D eigenvalue weighted by Crippen LogP contribution is -2.36. The van der Waals surface area contributed by atoms with Gasteiger partial charge in [0.1, 0.15) is 11.5 Å². The standard InChI is InChI=1S/C18H29N3O3S/c1-4-7-19-18(25)20-14-12-17(24-6-3)15(13-16(14)23-5-2)21-8-10-22-11-9-21/h12-13H,4-11H2,1-3H3,(H2,19,20,25). The lowest BCUT2D eigenvalue weighted by molar-refractivity contribution is 0.122. The number of anilines is 2. The summed E-state index contributed by atoms with van der Waals surface area (Å²) < 4.78 is 17.2. The number of ether oxygens (including phenoxy) is 3. The molecule has 7 heteroatoms. The predicted molar refractivity (Wildman–Crippen MR) is 106 cm³/mol. The van der Waals surface area contributed by atoms with Gasteiger partial charge in [-0.15, -0.1) is 0 Å². The van der Waals surface area contributed by atoms with E-state index >= 15 is 0 Å². The fourth-order valence-electron chi connectivity index (χ4n) is 2.65. The van der Waals surface area contributed by atoms with E-state index in [1.807, 2.05) is 26.0 Å². The molecule has 1 saturated heterocycles. The molecule has 0 spiro atoms. The highest BCUT2D eigenvalue weighted by atomic mass is 32.1. The average Bonchev–Trinajstić information content (AvgIpc) is 2.63. The van der Waals surface area contributed by atoms with Crippen LogP contribution in [0.5, 0.6) is 11.5 Å². The zero-order valence-corrected chi connectivity index (χ0v) is 16.2. The summed E-state index contributed by atoms with van der Waals surface area (Å²) in [7, 11) is 0. The van der Waals surface area contributed by atoms with Gasteiger partial charge in [0.15, 0.2) is 5.11 Å². The summed E-state index contributed by atoms with van der Waals surface area (Å²) in [6.45, 7) is 11.2. The van der Waals surface area contributed by atoms with Gasteiger partial charge in [0, 0.05) is 31.8 Å². The Balaban J connectivity index is 2.30. The Morgan fingerprint density at radius 1 is 1.12 bits per heavy atom. The van der Waals surface area contributed by atoms with Crippen LogP contribution in [0.4, 0.5) is 11.4 Å². The third-order valence-electron chi connectivity index (χ3n) is 3.80. The number of rotatable bonds is 8. The topological polar surface area (TPSA) is 55.0 Å². The third-order valence-corrected chi connectivity index (χ3v) is 4.04. The number of hydrogen-bond acceptors (Lipinski definition) is 5. The van der Waals surface area contributed by atoms with Gasteiger partial charge in [0.2, 0.25) is 0 Å². The lowest BCUT2D eigenvalue weighted by Gasteiger charge is -2.31. The van der Waals surface area contributed by atoms with E-state index < -0.39 is 0 Å². The van der Waals surface area contributed by atoms with Gasteiger partial charge >= 0.3 is 0 Å². The zero-order chi connectivity index (χ0) is 18.1. The van der Waals surface area contributed by atoms with E-state index in [2.05, 4.69) is 22.5 Å². The molecule has 0 unspecified atom stereocenters. The maximum absolute atomic E-state index is 5.89. The number of hydrogen-bond donors (Lipinski definition) is 2. The second-order valence-corrected chi connectivity index (χ2v) is 6.07. The first-order valence-electron chi connectivity index (χ1n) is 9.00. The number of morpholine rings is 1. The van der Waals surface area contributed by atoms with Gasteiger partial charge in [-0.2, -0.15) is 0 Å². The first-order valence-corrected chi connectivity index (χ1v) is 9.41. The van der Waals surface area contributed by atoms with E-state index in [1.165, 1.54) is 0 Å². The van der Waals surface area contributed by atoms with Gasteiger partial charge in [-0.05, 0) is 32.5 Å². The quantitative estimate of drug-likeness (QED) is 0.685. The van der Waals surface area contributed by atoms with E-state index in [9.17, 15) is 0 Å². The number of nitrogens with zero attached hydrogens (tertiary/aromatic N) is 1. The molecule has 0 aromatic heterocycles. The minimum absolute atomic E-state index is 0.584. The number of thiocarbonyl (C=S) groups is 1. The van der Waals surface area contributed by atoms with E-state index in [-0.39, 0.29) is 0 Å². The molecule has 1 aliphatic rings. The van der Waals surface area contributed by atoms with Crippen LogP contribution in [0.15, 0.2) is 12.1 Å². The Labute approximate surface area is 155 Å². The van der Waals surface area contributed by atoms with Crippen molar-refractivity contribution in [1.82, 2.24) is 5.32 Å². The Morgan fingerprint density at radius 3 is 2.44 bits per heavy atom. The zero-order valence-electron chi connectivity index (χ0n) is 15.4. The summed E-state index contributed by atoms with van der Waals surface area (Å²) in [6, 6.07) is 4.00. The summed E-state index contributed by atoms with van der Waals surface area (Å²) >= 11 is 5.37. The van der Waals surface area contributed by atoms with Gasteiger partial charge in [0.25, 0.3) is 0 Å². The summed E-state index contributed by atoms with van der Waals surface area (Å²) in [5.41, 5.74) is 1.85. The van der Waals surface area contributed by atoms with Gasteiger partial charge < -0.3 is 29.7 Å². The molecule has 2 N–H and O–H groups in total. The van der Waals surface area contributed by atoms with Crippen molar-refractivity contribution < 1.29 is 14.2 Å². The molecule has 0 amide bonds. The van der Waals surface area contributed by atoms with Crippen molar-refractivity contribution in [3.05, 3.63) is 12.1 Å². The summed E-state index contributed by atoms with van der Waals surface area (Å²) in [6.07, 6.45) is 1.01. The van der Waals surface area contributed by atoms with Gasteiger partial charge in [-0.1, -0.05) is 6.92 Å². The molecule has 6 nitrogen and oxygen atoms in total. The molecule has 0 aliphatic carbocycles. The molecule has 2 rings (SSSR count). The normalized spacial score (nSPS) is 14.1. The third kappa shape index (κ3) is 5.64. The highest BCUT2D eigenvalue weighted by Gasteiger charge is 2.19. The van der Waals surface area contributed by atoms with Crippen LogP contribution in [-0.4, -0.2) is 51.2 Å². The van der Waals surface area contributed by atoms with Crippen molar-refractivity contribution in [1.29, 1.82) is 0 Å². The molecule has 1 aromatic rings. The Morgan fingerprint density at radius 2 is 1.80 bits per heavy atom. The first-order chi connectivity index (χ1) is 12.2. The second-order valence-electron chi connectivity index (χ2n) is 5.66. The Bertz CT molecular complexity index is 563. The monoisotopic (exact) mass is 367 g/mol. The van der Waals surface area contributed by atoms with Crippen LogP contribution < -0.4 is 25.0 Å². The number of nitrogens with one attached hydrogen (secondary N) is 2. The molecule has 1 fully saturated rings. The van der Waals surface area contributed by atoms with Crippen molar-refractivity contribution in [3.63, 3.8) is 0 Å².